The molecule has 0 aliphatic heterocycles. The average molecular weight is 747 g/mol. The van der Waals surface area contributed by atoms with E-state index < -0.39 is 0 Å². The third-order valence-electron chi connectivity index (χ3n) is 11.1. The van der Waals surface area contributed by atoms with Crippen molar-refractivity contribution >= 4 is 75.3 Å². The SMILES string of the molecule is c1ccc(-c2nc(-c3ccccc3)nc(-c3cccc4c3oc3cc(-c5ccc6c(c5)sc5c(-n7c8ccccc8c8ccccc87)cccc56)ccc34)n2)cc1. The van der Waals surface area contributed by atoms with E-state index in [1.54, 1.807) is 0 Å². The second-order valence-corrected chi connectivity index (χ2v) is 15.4. The van der Waals surface area contributed by atoms with Crippen molar-refractivity contribution in [3.63, 3.8) is 0 Å². The van der Waals surface area contributed by atoms with Crippen molar-refractivity contribution in [1.82, 2.24) is 19.5 Å². The van der Waals surface area contributed by atoms with Crippen LogP contribution in [0, 0.1) is 0 Å². The van der Waals surface area contributed by atoms with Crippen molar-refractivity contribution in [2.75, 3.05) is 0 Å². The Bertz CT molecular complexity index is 3420. The number of rotatable bonds is 5. The molecule has 266 valence electrons. The van der Waals surface area contributed by atoms with Crippen molar-refractivity contribution in [3.05, 3.63) is 182 Å². The molecule has 0 saturated carbocycles. The van der Waals surface area contributed by atoms with Crippen LogP contribution in [0.4, 0.5) is 0 Å². The Kier molecular flexibility index (Phi) is 7.03. The summed E-state index contributed by atoms with van der Waals surface area (Å²) in [4.78, 5) is 14.9. The number of nitrogens with zero attached hydrogens (tertiary/aromatic N) is 4. The molecule has 4 aromatic heterocycles. The number of fused-ring (bicyclic) bond motifs is 9. The maximum atomic E-state index is 6.75. The highest BCUT2D eigenvalue weighted by atomic mass is 32.1. The molecule has 0 atom stereocenters. The summed E-state index contributed by atoms with van der Waals surface area (Å²) in [6.45, 7) is 0. The van der Waals surface area contributed by atoms with Gasteiger partial charge in [0.25, 0.3) is 0 Å². The number of thiophene rings is 1. The first kappa shape index (κ1) is 31.9. The monoisotopic (exact) mass is 746 g/mol. The smallest absolute Gasteiger partial charge is 0.167 e. The van der Waals surface area contributed by atoms with Crippen molar-refractivity contribution in [1.29, 1.82) is 0 Å². The molecule has 12 aromatic rings. The van der Waals surface area contributed by atoms with Gasteiger partial charge in [-0.1, -0.05) is 140 Å². The van der Waals surface area contributed by atoms with Gasteiger partial charge in [0.15, 0.2) is 17.5 Å². The van der Waals surface area contributed by atoms with E-state index in [9.17, 15) is 0 Å². The minimum Gasteiger partial charge on any atom is -0.455 e. The average Bonchev–Trinajstić information content (AvgIpc) is 3.96. The fourth-order valence-electron chi connectivity index (χ4n) is 8.40. The number of aromatic nitrogens is 4. The lowest BCUT2D eigenvalue weighted by Gasteiger charge is -2.09. The fraction of sp³-hybridized carbons (Fsp3) is 0. The van der Waals surface area contributed by atoms with Crippen LogP contribution < -0.4 is 0 Å². The van der Waals surface area contributed by atoms with Crippen molar-refractivity contribution in [2.24, 2.45) is 0 Å². The van der Waals surface area contributed by atoms with Gasteiger partial charge < -0.3 is 8.98 Å². The number of furan rings is 1. The van der Waals surface area contributed by atoms with E-state index in [1.807, 2.05) is 78.1 Å². The summed E-state index contributed by atoms with van der Waals surface area (Å²) in [6.07, 6.45) is 0. The Labute approximate surface area is 330 Å². The quantitative estimate of drug-likeness (QED) is 0.176. The van der Waals surface area contributed by atoms with Gasteiger partial charge in [0.05, 0.1) is 27.0 Å². The molecule has 0 fully saturated rings. The maximum Gasteiger partial charge on any atom is 0.167 e. The van der Waals surface area contributed by atoms with Crippen LogP contribution in [0.5, 0.6) is 0 Å². The molecule has 0 amide bonds. The molecule has 0 bridgehead atoms. The summed E-state index contributed by atoms with van der Waals surface area (Å²) in [5.74, 6) is 1.81. The summed E-state index contributed by atoms with van der Waals surface area (Å²) in [5.41, 5.74) is 10.1. The van der Waals surface area contributed by atoms with Crippen molar-refractivity contribution in [2.45, 2.75) is 0 Å². The first-order valence-corrected chi connectivity index (χ1v) is 19.8. The largest absolute Gasteiger partial charge is 0.455 e. The van der Waals surface area contributed by atoms with Gasteiger partial charge in [-0.15, -0.1) is 11.3 Å². The van der Waals surface area contributed by atoms with Crippen LogP contribution in [-0.2, 0) is 0 Å². The molecule has 0 N–H and O–H groups in total. The van der Waals surface area contributed by atoms with Gasteiger partial charge in [0.1, 0.15) is 11.2 Å². The van der Waals surface area contributed by atoms with Gasteiger partial charge in [0.2, 0.25) is 0 Å². The molecule has 0 saturated heterocycles. The zero-order valence-electron chi connectivity index (χ0n) is 30.4. The van der Waals surface area contributed by atoms with E-state index in [0.717, 1.165) is 49.8 Å². The Morgan fingerprint density at radius 1 is 0.404 bits per heavy atom. The zero-order valence-corrected chi connectivity index (χ0v) is 31.2. The van der Waals surface area contributed by atoms with Crippen LogP contribution in [0.15, 0.2) is 186 Å². The molecule has 0 radical (unpaired) electrons. The Morgan fingerprint density at radius 2 is 0.965 bits per heavy atom. The van der Waals surface area contributed by atoms with Gasteiger partial charge in [-0.3, -0.25) is 0 Å². The normalized spacial score (nSPS) is 11.9. The first-order chi connectivity index (χ1) is 28.2. The summed E-state index contributed by atoms with van der Waals surface area (Å²) in [6, 6.07) is 63.8. The highest BCUT2D eigenvalue weighted by Gasteiger charge is 2.20. The third-order valence-corrected chi connectivity index (χ3v) is 12.3. The van der Waals surface area contributed by atoms with E-state index >= 15 is 0 Å². The lowest BCUT2D eigenvalue weighted by atomic mass is 10.0. The van der Waals surface area contributed by atoms with E-state index in [4.69, 9.17) is 19.4 Å². The highest BCUT2D eigenvalue weighted by molar-refractivity contribution is 7.26. The minimum atomic E-state index is 0.572. The predicted molar refractivity (Wildman–Crippen MR) is 236 cm³/mol. The summed E-state index contributed by atoms with van der Waals surface area (Å²) in [7, 11) is 0. The third kappa shape index (κ3) is 5.04. The molecule has 6 heteroatoms. The highest BCUT2D eigenvalue weighted by Crippen LogP contribution is 2.43. The van der Waals surface area contributed by atoms with Gasteiger partial charge >= 0.3 is 0 Å². The predicted octanol–water partition coefficient (Wildman–Crippen LogP) is 13.9. The molecule has 4 heterocycles. The summed E-state index contributed by atoms with van der Waals surface area (Å²) < 4.78 is 11.7. The van der Waals surface area contributed by atoms with Gasteiger partial charge in [-0.2, -0.15) is 0 Å². The van der Waals surface area contributed by atoms with E-state index in [-0.39, 0.29) is 0 Å². The Morgan fingerprint density at radius 3 is 1.67 bits per heavy atom. The molecule has 0 aliphatic carbocycles. The van der Waals surface area contributed by atoms with Gasteiger partial charge in [0, 0.05) is 48.1 Å². The van der Waals surface area contributed by atoms with E-state index in [2.05, 4.69) is 120 Å². The molecular formula is C51H30N4OS. The molecule has 0 aliphatic rings. The van der Waals surface area contributed by atoms with Crippen LogP contribution in [0.3, 0.4) is 0 Å². The lowest BCUT2D eigenvalue weighted by molar-refractivity contribution is 0.669. The topological polar surface area (TPSA) is 56.7 Å². The first-order valence-electron chi connectivity index (χ1n) is 19.0. The van der Waals surface area contributed by atoms with Crippen molar-refractivity contribution < 1.29 is 4.42 Å². The van der Waals surface area contributed by atoms with Gasteiger partial charge in [-0.25, -0.2) is 15.0 Å². The Hall–Kier alpha value is -7.41. The maximum absolute atomic E-state index is 6.75. The molecular weight excluding hydrogens is 717 g/mol. The number of hydrogen-bond acceptors (Lipinski definition) is 5. The van der Waals surface area contributed by atoms with Crippen LogP contribution in [0.25, 0.3) is 115 Å². The number of hydrogen-bond donors (Lipinski definition) is 0. The van der Waals surface area contributed by atoms with Crippen molar-refractivity contribution in [3.8, 4) is 51.0 Å². The fourth-order valence-corrected chi connectivity index (χ4v) is 9.65. The Balaban J connectivity index is 0.979. The van der Waals surface area contributed by atoms with Gasteiger partial charge in [-0.05, 0) is 53.6 Å². The second-order valence-electron chi connectivity index (χ2n) is 14.4. The molecule has 5 nitrogen and oxygen atoms in total. The molecule has 0 spiro atoms. The molecule has 0 unspecified atom stereocenters. The van der Waals surface area contributed by atoms with Crippen LogP contribution in [0.1, 0.15) is 0 Å². The zero-order chi connectivity index (χ0) is 37.5. The minimum absolute atomic E-state index is 0.572. The summed E-state index contributed by atoms with van der Waals surface area (Å²) >= 11 is 1.86. The van der Waals surface area contributed by atoms with E-state index in [0.29, 0.717) is 17.5 Å². The van der Waals surface area contributed by atoms with E-state index in [1.165, 1.54) is 47.7 Å². The van der Waals surface area contributed by atoms with Crippen LogP contribution in [0.2, 0.25) is 0 Å². The molecule has 57 heavy (non-hydrogen) atoms. The molecule has 12 rings (SSSR count). The molecule has 8 aromatic carbocycles. The lowest BCUT2D eigenvalue weighted by Crippen LogP contribution is -2.00. The number of para-hydroxylation sites is 3. The van der Waals surface area contributed by atoms with Crippen LogP contribution in [-0.4, -0.2) is 19.5 Å². The standard InChI is InChI=1S/C51H30N4OS/c1-3-13-31(14-4-1)49-52-50(32-15-5-2-6-16-32)54-51(53-49)41-21-11-19-39-37-27-25-33(29-45(37)56-47(39)41)34-26-28-38-40-20-12-24-44(48(40)57-46(38)30-34)55-42-22-9-7-17-35(42)36-18-8-10-23-43(36)55/h1-30H. The summed E-state index contributed by atoms with van der Waals surface area (Å²) in [5, 5.41) is 7.14. The second kappa shape index (κ2) is 12.6. The van der Waals surface area contributed by atoms with Crippen LogP contribution >= 0.6 is 11.3 Å². The number of benzene rings is 8.